The van der Waals surface area contributed by atoms with Gasteiger partial charge in [0.25, 0.3) is 0 Å². The SMILES string of the molecule is COCCN(CC(C)C)c1ncc(C)cn1. The van der Waals surface area contributed by atoms with Crippen molar-refractivity contribution in [3.63, 3.8) is 0 Å². The molecule has 4 heteroatoms. The topological polar surface area (TPSA) is 38.2 Å². The number of nitrogens with zero attached hydrogens (tertiary/aromatic N) is 3. The average molecular weight is 223 g/mol. The van der Waals surface area contributed by atoms with Gasteiger partial charge in [0.05, 0.1) is 6.61 Å². The first-order valence-corrected chi connectivity index (χ1v) is 5.66. The van der Waals surface area contributed by atoms with Crippen LogP contribution < -0.4 is 4.90 Å². The van der Waals surface area contributed by atoms with Crippen molar-refractivity contribution < 1.29 is 4.74 Å². The Balaban J connectivity index is 2.70. The summed E-state index contributed by atoms with van der Waals surface area (Å²) in [6, 6.07) is 0. The second-order valence-corrected chi connectivity index (χ2v) is 4.39. The largest absolute Gasteiger partial charge is 0.383 e. The van der Waals surface area contributed by atoms with E-state index >= 15 is 0 Å². The van der Waals surface area contributed by atoms with Gasteiger partial charge in [-0.25, -0.2) is 9.97 Å². The normalized spacial score (nSPS) is 10.8. The molecule has 90 valence electrons. The van der Waals surface area contributed by atoms with Crippen molar-refractivity contribution in [1.82, 2.24) is 9.97 Å². The van der Waals surface area contributed by atoms with Gasteiger partial charge in [0, 0.05) is 32.6 Å². The molecule has 0 amide bonds. The molecule has 0 saturated carbocycles. The van der Waals surface area contributed by atoms with Gasteiger partial charge in [0.1, 0.15) is 0 Å². The van der Waals surface area contributed by atoms with Crippen LogP contribution in [0.4, 0.5) is 5.95 Å². The Kier molecular flexibility index (Phi) is 5.19. The van der Waals surface area contributed by atoms with Crippen LogP contribution in [0.5, 0.6) is 0 Å². The maximum absolute atomic E-state index is 5.10. The smallest absolute Gasteiger partial charge is 0.225 e. The molecular formula is C12H21N3O. The van der Waals surface area contributed by atoms with Crippen LogP contribution in [0.2, 0.25) is 0 Å². The Hall–Kier alpha value is -1.16. The molecule has 0 spiro atoms. The van der Waals surface area contributed by atoms with Gasteiger partial charge in [-0.05, 0) is 18.4 Å². The van der Waals surface area contributed by atoms with Crippen LogP contribution in [-0.4, -0.2) is 36.8 Å². The van der Waals surface area contributed by atoms with E-state index in [1.807, 2.05) is 19.3 Å². The van der Waals surface area contributed by atoms with Gasteiger partial charge in [0.15, 0.2) is 0 Å². The number of methoxy groups -OCH3 is 1. The first-order chi connectivity index (χ1) is 7.63. The van der Waals surface area contributed by atoms with Gasteiger partial charge in [-0.15, -0.1) is 0 Å². The molecule has 0 aliphatic heterocycles. The molecule has 0 aromatic carbocycles. The average Bonchev–Trinajstić information content (AvgIpc) is 2.25. The molecule has 16 heavy (non-hydrogen) atoms. The van der Waals surface area contributed by atoms with Crippen molar-refractivity contribution in [1.29, 1.82) is 0 Å². The summed E-state index contributed by atoms with van der Waals surface area (Å²) in [6.07, 6.45) is 3.70. The minimum Gasteiger partial charge on any atom is -0.383 e. The second kappa shape index (κ2) is 6.43. The summed E-state index contributed by atoms with van der Waals surface area (Å²) >= 11 is 0. The van der Waals surface area contributed by atoms with E-state index in [1.54, 1.807) is 7.11 Å². The van der Waals surface area contributed by atoms with E-state index in [4.69, 9.17) is 4.74 Å². The highest BCUT2D eigenvalue weighted by molar-refractivity contribution is 5.29. The Bertz CT molecular complexity index is 298. The first-order valence-electron chi connectivity index (χ1n) is 5.66. The number of hydrogen-bond donors (Lipinski definition) is 0. The highest BCUT2D eigenvalue weighted by Gasteiger charge is 2.10. The van der Waals surface area contributed by atoms with E-state index < -0.39 is 0 Å². The van der Waals surface area contributed by atoms with Crippen LogP contribution in [0.1, 0.15) is 19.4 Å². The van der Waals surface area contributed by atoms with Crippen molar-refractivity contribution in [3.8, 4) is 0 Å². The molecule has 0 unspecified atom stereocenters. The maximum Gasteiger partial charge on any atom is 0.225 e. The summed E-state index contributed by atoms with van der Waals surface area (Å²) in [4.78, 5) is 10.8. The van der Waals surface area contributed by atoms with Crippen molar-refractivity contribution in [3.05, 3.63) is 18.0 Å². The Morgan fingerprint density at radius 3 is 2.44 bits per heavy atom. The van der Waals surface area contributed by atoms with Crippen LogP contribution in [0, 0.1) is 12.8 Å². The molecule has 1 aromatic rings. The van der Waals surface area contributed by atoms with Gasteiger partial charge in [-0.1, -0.05) is 13.8 Å². The van der Waals surface area contributed by atoms with Crippen molar-refractivity contribution >= 4 is 5.95 Å². The Morgan fingerprint density at radius 1 is 1.31 bits per heavy atom. The fourth-order valence-corrected chi connectivity index (χ4v) is 1.46. The molecule has 0 aliphatic rings. The predicted molar refractivity (Wildman–Crippen MR) is 65.7 cm³/mol. The van der Waals surface area contributed by atoms with E-state index in [1.165, 1.54) is 0 Å². The predicted octanol–water partition coefficient (Wildman–Crippen LogP) is 1.89. The van der Waals surface area contributed by atoms with Gasteiger partial charge in [0.2, 0.25) is 5.95 Å². The van der Waals surface area contributed by atoms with E-state index in [-0.39, 0.29) is 0 Å². The van der Waals surface area contributed by atoms with Gasteiger partial charge < -0.3 is 9.64 Å². The molecule has 0 atom stereocenters. The molecule has 0 saturated heterocycles. The standard InChI is InChI=1S/C12H21N3O/c1-10(2)9-15(5-6-16-4)12-13-7-11(3)8-14-12/h7-8,10H,5-6,9H2,1-4H3. The number of aromatic nitrogens is 2. The maximum atomic E-state index is 5.10. The summed E-state index contributed by atoms with van der Waals surface area (Å²) in [5.74, 6) is 1.37. The van der Waals surface area contributed by atoms with Crippen molar-refractivity contribution in [2.75, 3.05) is 31.7 Å². The second-order valence-electron chi connectivity index (χ2n) is 4.39. The van der Waals surface area contributed by atoms with E-state index in [0.717, 1.165) is 24.6 Å². The molecule has 1 heterocycles. The minimum absolute atomic E-state index is 0.585. The molecule has 0 N–H and O–H groups in total. The Labute approximate surface area is 97.7 Å². The van der Waals surface area contributed by atoms with E-state index in [9.17, 15) is 0 Å². The summed E-state index contributed by atoms with van der Waals surface area (Å²) in [7, 11) is 1.71. The van der Waals surface area contributed by atoms with Crippen LogP contribution in [0.25, 0.3) is 0 Å². The van der Waals surface area contributed by atoms with Gasteiger partial charge >= 0.3 is 0 Å². The number of hydrogen-bond acceptors (Lipinski definition) is 4. The molecule has 4 nitrogen and oxygen atoms in total. The molecule has 1 rings (SSSR count). The molecule has 0 aliphatic carbocycles. The molecular weight excluding hydrogens is 202 g/mol. The summed E-state index contributed by atoms with van der Waals surface area (Å²) in [6.45, 7) is 8.85. The van der Waals surface area contributed by atoms with Crippen LogP contribution in [0.15, 0.2) is 12.4 Å². The number of aryl methyl sites for hydroxylation is 1. The third-order valence-electron chi connectivity index (χ3n) is 2.20. The lowest BCUT2D eigenvalue weighted by Crippen LogP contribution is -2.32. The zero-order valence-corrected chi connectivity index (χ0v) is 10.6. The zero-order chi connectivity index (χ0) is 12.0. The lowest BCUT2D eigenvalue weighted by Gasteiger charge is -2.24. The first kappa shape index (κ1) is 12.9. The minimum atomic E-state index is 0.585. The number of rotatable bonds is 6. The van der Waals surface area contributed by atoms with Crippen LogP contribution >= 0.6 is 0 Å². The highest BCUT2D eigenvalue weighted by atomic mass is 16.5. The monoisotopic (exact) mass is 223 g/mol. The van der Waals surface area contributed by atoms with Crippen LogP contribution in [-0.2, 0) is 4.74 Å². The third kappa shape index (κ3) is 4.14. The fourth-order valence-electron chi connectivity index (χ4n) is 1.46. The summed E-state index contributed by atoms with van der Waals surface area (Å²) in [5.41, 5.74) is 1.08. The number of anilines is 1. The van der Waals surface area contributed by atoms with Crippen molar-refractivity contribution in [2.45, 2.75) is 20.8 Å². The lowest BCUT2D eigenvalue weighted by atomic mass is 10.2. The lowest BCUT2D eigenvalue weighted by molar-refractivity contribution is 0.204. The van der Waals surface area contributed by atoms with E-state index in [0.29, 0.717) is 12.5 Å². The molecule has 1 aromatic heterocycles. The van der Waals surface area contributed by atoms with Crippen molar-refractivity contribution in [2.24, 2.45) is 5.92 Å². The van der Waals surface area contributed by atoms with Gasteiger partial charge in [-0.2, -0.15) is 0 Å². The summed E-state index contributed by atoms with van der Waals surface area (Å²) < 4.78 is 5.10. The summed E-state index contributed by atoms with van der Waals surface area (Å²) in [5, 5.41) is 0. The molecule has 0 fully saturated rings. The van der Waals surface area contributed by atoms with Gasteiger partial charge in [-0.3, -0.25) is 0 Å². The number of ether oxygens (including phenoxy) is 1. The van der Waals surface area contributed by atoms with Crippen LogP contribution in [0.3, 0.4) is 0 Å². The fraction of sp³-hybridized carbons (Fsp3) is 0.667. The zero-order valence-electron chi connectivity index (χ0n) is 10.6. The Morgan fingerprint density at radius 2 is 1.94 bits per heavy atom. The van der Waals surface area contributed by atoms with E-state index in [2.05, 4.69) is 28.7 Å². The third-order valence-corrected chi connectivity index (χ3v) is 2.20. The highest BCUT2D eigenvalue weighted by Crippen LogP contribution is 2.09. The molecule has 0 radical (unpaired) electrons. The quantitative estimate of drug-likeness (QED) is 0.738. The molecule has 0 bridgehead atoms.